The summed E-state index contributed by atoms with van der Waals surface area (Å²) in [6.45, 7) is 0.699. The highest BCUT2D eigenvalue weighted by Gasteiger charge is 2.30. The molecule has 3 amide bonds. The number of hydrogen-bond donors (Lipinski definition) is 3. The molecule has 2 aliphatic heterocycles. The lowest BCUT2D eigenvalue weighted by molar-refractivity contribution is -0.122. The van der Waals surface area contributed by atoms with E-state index in [2.05, 4.69) is 26.1 Å². The highest BCUT2D eigenvalue weighted by molar-refractivity contribution is 7.15. The summed E-state index contributed by atoms with van der Waals surface area (Å²) in [5.74, 6) is -1.28. The molecule has 4 rings (SSSR count). The number of anilines is 2. The third-order valence-electron chi connectivity index (χ3n) is 4.33. The number of carbonyl (C=O) groups is 3. The molecule has 0 radical (unpaired) electrons. The zero-order chi connectivity index (χ0) is 18.8. The van der Waals surface area contributed by atoms with Crippen molar-refractivity contribution in [1.82, 2.24) is 15.5 Å². The van der Waals surface area contributed by atoms with Crippen LogP contribution in [0.1, 0.15) is 40.7 Å². The van der Waals surface area contributed by atoms with Gasteiger partial charge in [-0.1, -0.05) is 23.5 Å². The molecule has 1 fully saturated rings. The summed E-state index contributed by atoms with van der Waals surface area (Å²) in [4.78, 5) is 36.9. The van der Waals surface area contributed by atoms with Gasteiger partial charge in [0.2, 0.25) is 16.9 Å². The standard InChI is InChI=1S/C17H17N5O4S/c23-13(20-17-22-21-16(27-17)12-6-3-7-26-12)8-11-15(25)18-10-5-2-1-4-9(10)14(24)19-11/h1-2,4-5,11-12H,3,6-8H2,(H,18,25)(H,19,24)(H,20,22,23)/t11-,12-/m0/s1. The summed E-state index contributed by atoms with van der Waals surface area (Å²) in [6.07, 6.45) is 1.58. The van der Waals surface area contributed by atoms with Crippen molar-refractivity contribution < 1.29 is 19.1 Å². The Bertz CT molecular complexity index is 893. The Hall–Kier alpha value is -2.85. The molecule has 2 aliphatic rings. The maximum atomic E-state index is 12.3. The predicted octanol–water partition coefficient (Wildman–Crippen LogP) is 1.47. The lowest BCUT2D eigenvalue weighted by atomic mass is 10.1. The molecule has 1 aromatic heterocycles. The SMILES string of the molecule is O=C(C[C@@H]1NC(=O)c2ccccc2NC1=O)Nc1nnc([C@@H]2CCCO2)s1. The first-order valence-corrected chi connectivity index (χ1v) is 9.37. The van der Waals surface area contributed by atoms with Crippen LogP contribution in [0.2, 0.25) is 0 Å². The van der Waals surface area contributed by atoms with Crippen molar-refractivity contribution in [3.63, 3.8) is 0 Å². The summed E-state index contributed by atoms with van der Waals surface area (Å²) in [6, 6.07) is 5.71. The number of nitrogens with zero attached hydrogens (tertiary/aromatic N) is 2. The summed E-state index contributed by atoms with van der Waals surface area (Å²) < 4.78 is 5.54. The number of ether oxygens (including phenoxy) is 1. The number of hydrogen-bond acceptors (Lipinski definition) is 7. The number of rotatable bonds is 4. The molecule has 0 saturated carbocycles. The predicted molar refractivity (Wildman–Crippen MR) is 97.4 cm³/mol. The Morgan fingerprint density at radius 3 is 2.96 bits per heavy atom. The fourth-order valence-electron chi connectivity index (χ4n) is 3.00. The number of amides is 3. The quantitative estimate of drug-likeness (QED) is 0.730. The van der Waals surface area contributed by atoms with E-state index >= 15 is 0 Å². The van der Waals surface area contributed by atoms with Gasteiger partial charge in [-0.3, -0.25) is 14.4 Å². The second-order valence-electron chi connectivity index (χ2n) is 6.26. The first kappa shape index (κ1) is 17.6. The summed E-state index contributed by atoms with van der Waals surface area (Å²) in [7, 11) is 0. The average molecular weight is 387 g/mol. The monoisotopic (exact) mass is 387 g/mol. The van der Waals surface area contributed by atoms with Crippen LogP contribution < -0.4 is 16.0 Å². The van der Waals surface area contributed by atoms with Gasteiger partial charge in [0.05, 0.1) is 17.7 Å². The largest absolute Gasteiger partial charge is 0.371 e. The van der Waals surface area contributed by atoms with E-state index in [1.807, 2.05) is 0 Å². The fourth-order valence-corrected chi connectivity index (χ4v) is 3.84. The lowest BCUT2D eigenvalue weighted by Gasteiger charge is -2.13. The van der Waals surface area contributed by atoms with Gasteiger partial charge in [0, 0.05) is 6.61 Å². The second-order valence-corrected chi connectivity index (χ2v) is 7.27. The Kier molecular flexibility index (Phi) is 4.82. The Morgan fingerprint density at radius 2 is 2.15 bits per heavy atom. The first-order valence-electron chi connectivity index (χ1n) is 8.56. The van der Waals surface area contributed by atoms with Crippen molar-refractivity contribution >= 4 is 39.9 Å². The molecule has 27 heavy (non-hydrogen) atoms. The van der Waals surface area contributed by atoms with Crippen molar-refractivity contribution in [3.8, 4) is 0 Å². The number of aromatic nitrogens is 2. The van der Waals surface area contributed by atoms with Crippen LogP contribution >= 0.6 is 11.3 Å². The summed E-state index contributed by atoms with van der Waals surface area (Å²) in [5.41, 5.74) is 0.785. The molecule has 2 aromatic rings. The zero-order valence-electron chi connectivity index (χ0n) is 14.2. The summed E-state index contributed by atoms with van der Waals surface area (Å²) in [5, 5.41) is 16.9. The van der Waals surface area contributed by atoms with Gasteiger partial charge in [0.15, 0.2) is 0 Å². The third kappa shape index (κ3) is 3.81. The average Bonchev–Trinajstić information content (AvgIpc) is 3.31. The highest BCUT2D eigenvalue weighted by Crippen LogP contribution is 2.32. The molecule has 1 aromatic carbocycles. The lowest BCUT2D eigenvalue weighted by Crippen LogP contribution is -2.43. The van der Waals surface area contributed by atoms with Gasteiger partial charge in [0.25, 0.3) is 5.91 Å². The van der Waals surface area contributed by atoms with E-state index in [0.29, 0.717) is 23.0 Å². The molecule has 1 saturated heterocycles. The number of fused-ring (bicyclic) bond motifs is 1. The number of benzene rings is 1. The summed E-state index contributed by atoms with van der Waals surface area (Å²) >= 11 is 1.25. The van der Waals surface area contributed by atoms with Gasteiger partial charge in [-0.15, -0.1) is 10.2 Å². The van der Waals surface area contributed by atoms with Crippen LogP contribution in [0.5, 0.6) is 0 Å². The van der Waals surface area contributed by atoms with E-state index in [-0.39, 0.29) is 12.5 Å². The molecule has 3 heterocycles. The van der Waals surface area contributed by atoms with E-state index < -0.39 is 23.8 Å². The van der Waals surface area contributed by atoms with Crippen molar-refractivity contribution in [2.24, 2.45) is 0 Å². The van der Waals surface area contributed by atoms with E-state index in [4.69, 9.17) is 4.74 Å². The van der Waals surface area contributed by atoms with E-state index in [1.165, 1.54) is 11.3 Å². The Balaban J connectivity index is 1.39. The molecular formula is C17H17N5O4S. The number of nitrogens with one attached hydrogen (secondary N) is 3. The fraction of sp³-hybridized carbons (Fsp3) is 0.353. The Morgan fingerprint density at radius 1 is 1.30 bits per heavy atom. The highest BCUT2D eigenvalue weighted by atomic mass is 32.1. The molecular weight excluding hydrogens is 370 g/mol. The molecule has 140 valence electrons. The smallest absolute Gasteiger partial charge is 0.254 e. The molecule has 9 nitrogen and oxygen atoms in total. The number of para-hydroxylation sites is 1. The molecule has 0 aliphatic carbocycles. The molecule has 0 spiro atoms. The van der Waals surface area contributed by atoms with Crippen LogP contribution in [0.3, 0.4) is 0 Å². The topological polar surface area (TPSA) is 122 Å². The van der Waals surface area contributed by atoms with Crippen molar-refractivity contribution in [2.75, 3.05) is 17.2 Å². The molecule has 3 N–H and O–H groups in total. The zero-order valence-corrected chi connectivity index (χ0v) is 15.0. The van der Waals surface area contributed by atoms with E-state index in [9.17, 15) is 14.4 Å². The van der Waals surface area contributed by atoms with Gasteiger partial charge in [-0.2, -0.15) is 0 Å². The van der Waals surface area contributed by atoms with Crippen LogP contribution in [0.25, 0.3) is 0 Å². The minimum absolute atomic E-state index is 0.0708. The van der Waals surface area contributed by atoms with Gasteiger partial charge in [-0.25, -0.2) is 0 Å². The van der Waals surface area contributed by atoms with E-state index in [0.717, 1.165) is 17.8 Å². The minimum Gasteiger partial charge on any atom is -0.371 e. The van der Waals surface area contributed by atoms with Crippen LogP contribution in [0.15, 0.2) is 24.3 Å². The van der Waals surface area contributed by atoms with Gasteiger partial charge in [0.1, 0.15) is 17.2 Å². The molecule has 10 heteroatoms. The van der Waals surface area contributed by atoms with Crippen LogP contribution in [-0.4, -0.2) is 40.6 Å². The van der Waals surface area contributed by atoms with Gasteiger partial charge in [-0.05, 0) is 25.0 Å². The van der Waals surface area contributed by atoms with E-state index in [1.54, 1.807) is 24.3 Å². The molecule has 0 unspecified atom stereocenters. The maximum absolute atomic E-state index is 12.3. The molecule has 0 bridgehead atoms. The van der Waals surface area contributed by atoms with Crippen LogP contribution in [0.4, 0.5) is 10.8 Å². The van der Waals surface area contributed by atoms with Crippen LogP contribution in [-0.2, 0) is 14.3 Å². The second kappa shape index (κ2) is 7.41. The minimum atomic E-state index is -0.976. The third-order valence-corrected chi connectivity index (χ3v) is 5.26. The first-order chi connectivity index (χ1) is 13.1. The van der Waals surface area contributed by atoms with Crippen molar-refractivity contribution in [1.29, 1.82) is 0 Å². The van der Waals surface area contributed by atoms with Crippen molar-refractivity contribution in [2.45, 2.75) is 31.4 Å². The number of carbonyl (C=O) groups excluding carboxylic acids is 3. The normalized spacial score (nSPS) is 21.8. The van der Waals surface area contributed by atoms with Crippen LogP contribution in [0, 0.1) is 0 Å². The van der Waals surface area contributed by atoms with Gasteiger partial charge < -0.3 is 20.7 Å². The molecule has 2 atom stereocenters. The maximum Gasteiger partial charge on any atom is 0.254 e. The van der Waals surface area contributed by atoms with Crippen molar-refractivity contribution in [3.05, 3.63) is 34.8 Å². The van der Waals surface area contributed by atoms with Gasteiger partial charge >= 0.3 is 0 Å². The Labute approximate surface area is 158 Å².